The van der Waals surface area contributed by atoms with E-state index in [9.17, 15) is 19.7 Å². The number of hydrogen-bond acceptors (Lipinski definition) is 8. The summed E-state index contributed by atoms with van der Waals surface area (Å²) in [5, 5.41) is 13.2. The number of benzene rings is 4. The highest BCUT2D eigenvalue weighted by atomic mass is 16.6. The van der Waals surface area contributed by atoms with Crippen LogP contribution in [0.3, 0.4) is 0 Å². The molecule has 234 valence electrons. The molecule has 0 N–H and O–H groups in total. The molecule has 1 saturated heterocycles. The summed E-state index contributed by atoms with van der Waals surface area (Å²) in [4.78, 5) is 41.2. The predicted molar refractivity (Wildman–Crippen MR) is 169 cm³/mol. The summed E-state index contributed by atoms with van der Waals surface area (Å²) < 4.78 is 23.0. The van der Waals surface area contributed by atoms with Gasteiger partial charge in [0, 0.05) is 16.1 Å². The van der Waals surface area contributed by atoms with Crippen LogP contribution in [0.1, 0.15) is 39.8 Å². The summed E-state index contributed by atoms with van der Waals surface area (Å²) >= 11 is 0. The Balaban J connectivity index is 1.56. The molecule has 0 bridgehead atoms. The lowest BCUT2D eigenvalue weighted by Crippen LogP contribution is -2.45. The number of esters is 1. The van der Waals surface area contributed by atoms with Crippen molar-refractivity contribution in [2.24, 2.45) is 0 Å². The minimum atomic E-state index is -1.74. The molecule has 1 spiro atoms. The topological polar surface area (TPSA) is 117 Å². The van der Waals surface area contributed by atoms with Gasteiger partial charge in [0.1, 0.15) is 0 Å². The fourth-order valence-corrected chi connectivity index (χ4v) is 6.50. The molecule has 10 nitrogen and oxygen atoms in total. The van der Waals surface area contributed by atoms with E-state index in [1.165, 1.54) is 14.2 Å². The van der Waals surface area contributed by atoms with Crippen molar-refractivity contribution in [1.82, 2.24) is 0 Å². The third-order valence-corrected chi connectivity index (χ3v) is 8.55. The number of methoxy groups -OCH3 is 2. The van der Waals surface area contributed by atoms with E-state index in [1.54, 1.807) is 29.2 Å². The minimum Gasteiger partial charge on any atom is -0.493 e. The second-order valence-electron chi connectivity index (χ2n) is 11.2. The Bertz CT molecular complexity index is 1810. The number of carbonyl (C=O) groups is 2. The zero-order chi connectivity index (χ0) is 32.4. The average Bonchev–Trinajstić information content (AvgIpc) is 3.55. The number of hydrogen-bond donors (Lipinski definition) is 0. The summed E-state index contributed by atoms with van der Waals surface area (Å²) in [5.41, 5.74) is 2.18. The quantitative estimate of drug-likeness (QED) is 0.0734. The first-order chi connectivity index (χ1) is 22.3. The van der Waals surface area contributed by atoms with Crippen LogP contribution in [0.4, 0.5) is 5.69 Å². The van der Waals surface area contributed by atoms with Crippen LogP contribution in [0.5, 0.6) is 11.5 Å². The molecule has 10 heteroatoms. The van der Waals surface area contributed by atoms with Crippen LogP contribution >= 0.6 is 0 Å². The molecule has 4 aromatic carbocycles. The van der Waals surface area contributed by atoms with Crippen LogP contribution in [-0.4, -0.2) is 37.1 Å². The first-order valence-electron chi connectivity index (χ1n) is 14.7. The molecule has 2 aliphatic rings. The molecular weight excluding hydrogens is 588 g/mol. The summed E-state index contributed by atoms with van der Waals surface area (Å²) in [7, 11) is 2.67. The number of nitrogens with zero attached hydrogens (tertiary/aromatic N) is 2. The van der Waals surface area contributed by atoms with Crippen molar-refractivity contribution in [2.45, 2.75) is 37.1 Å². The van der Waals surface area contributed by atoms with Crippen LogP contribution in [0, 0.1) is 17.0 Å². The Morgan fingerprint density at radius 1 is 0.978 bits per heavy atom. The minimum absolute atomic E-state index is 0.113. The molecule has 0 radical (unpaired) electrons. The van der Waals surface area contributed by atoms with Crippen molar-refractivity contribution in [3.05, 3.63) is 147 Å². The fraction of sp³-hybridized carbons (Fsp3) is 0.222. The zero-order valence-electron chi connectivity index (χ0n) is 25.5. The molecule has 2 heterocycles. The number of rotatable bonds is 9. The lowest BCUT2D eigenvalue weighted by molar-refractivity contribution is -0.531. The van der Waals surface area contributed by atoms with E-state index in [2.05, 4.69) is 4.74 Å². The Morgan fingerprint density at radius 2 is 1.70 bits per heavy atom. The number of anilines is 1. The molecule has 4 atom stereocenters. The van der Waals surface area contributed by atoms with E-state index in [-0.39, 0.29) is 28.5 Å². The molecule has 0 unspecified atom stereocenters. The standard InChI is InChI=1S/C36H32N2O8/c1-23-16-18-25(19-17-23)31-32(38(41)42)34(26-12-9-15-29(43-2)33(26)45-21-20-30(39)44-3)46-36(31)27-13-7-8-14-28(27)37(35(36)40)22-24-10-5-4-6-11-24/h4-21,31-32,34H,22H2,1-3H3/b21-20+/t31-,32-,34-,36+/m0/s1. The number of nitro groups is 1. The van der Waals surface area contributed by atoms with Gasteiger partial charge < -0.3 is 23.8 Å². The van der Waals surface area contributed by atoms with Crippen molar-refractivity contribution in [3.63, 3.8) is 0 Å². The Morgan fingerprint density at radius 3 is 2.39 bits per heavy atom. The van der Waals surface area contributed by atoms with Crippen LogP contribution in [0.15, 0.2) is 109 Å². The largest absolute Gasteiger partial charge is 0.493 e. The van der Waals surface area contributed by atoms with Gasteiger partial charge in [-0.2, -0.15) is 0 Å². The first kappa shape index (κ1) is 30.5. The molecule has 46 heavy (non-hydrogen) atoms. The normalized spacial score (nSPS) is 21.8. The highest BCUT2D eigenvalue weighted by Gasteiger charge is 2.70. The predicted octanol–water partition coefficient (Wildman–Crippen LogP) is 6.01. The molecule has 0 aliphatic carbocycles. The van der Waals surface area contributed by atoms with Crippen molar-refractivity contribution in [1.29, 1.82) is 0 Å². The van der Waals surface area contributed by atoms with E-state index < -0.39 is 35.5 Å². The maximum atomic E-state index is 14.9. The third-order valence-electron chi connectivity index (χ3n) is 8.55. The van der Waals surface area contributed by atoms with E-state index in [0.717, 1.165) is 23.5 Å². The lowest BCUT2D eigenvalue weighted by atomic mass is 9.74. The molecule has 0 aromatic heterocycles. The molecule has 0 saturated carbocycles. The van der Waals surface area contributed by atoms with Gasteiger partial charge >= 0.3 is 5.97 Å². The van der Waals surface area contributed by atoms with Crippen LogP contribution in [-0.2, 0) is 31.2 Å². The number of ether oxygens (including phenoxy) is 4. The summed E-state index contributed by atoms with van der Waals surface area (Å²) in [6, 6.07) is 27.8. The molecule has 1 amide bonds. The number of amides is 1. The van der Waals surface area contributed by atoms with Gasteiger partial charge in [-0.05, 0) is 30.2 Å². The van der Waals surface area contributed by atoms with Crippen LogP contribution in [0.25, 0.3) is 0 Å². The number of para-hydroxylation sites is 2. The molecule has 2 aliphatic heterocycles. The van der Waals surface area contributed by atoms with Crippen molar-refractivity contribution in [3.8, 4) is 11.5 Å². The van der Waals surface area contributed by atoms with Gasteiger partial charge in [-0.25, -0.2) is 4.79 Å². The van der Waals surface area contributed by atoms with Gasteiger partial charge in [0.15, 0.2) is 23.2 Å². The second kappa shape index (κ2) is 12.5. The monoisotopic (exact) mass is 620 g/mol. The van der Waals surface area contributed by atoms with Gasteiger partial charge in [0.05, 0.1) is 44.7 Å². The van der Waals surface area contributed by atoms with Gasteiger partial charge in [-0.15, -0.1) is 0 Å². The Labute approximate surface area is 265 Å². The highest BCUT2D eigenvalue weighted by Crippen LogP contribution is 2.62. The molecule has 1 fully saturated rings. The van der Waals surface area contributed by atoms with Crippen molar-refractivity contribution in [2.75, 3.05) is 19.1 Å². The Kier molecular flexibility index (Phi) is 8.29. The first-order valence-corrected chi connectivity index (χ1v) is 14.7. The Hall–Kier alpha value is -5.48. The smallest absolute Gasteiger partial charge is 0.333 e. The van der Waals surface area contributed by atoms with E-state index in [4.69, 9.17) is 14.2 Å². The summed E-state index contributed by atoms with van der Waals surface area (Å²) in [6.07, 6.45) is 0.936. The lowest BCUT2D eigenvalue weighted by Gasteiger charge is -2.30. The molecular formula is C36H32N2O8. The average molecular weight is 621 g/mol. The van der Waals surface area contributed by atoms with Crippen molar-refractivity contribution < 1.29 is 33.5 Å². The number of carbonyl (C=O) groups excluding carboxylic acids is 2. The van der Waals surface area contributed by atoms with E-state index in [1.807, 2.05) is 79.7 Å². The molecule has 4 aromatic rings. The van der Waals surface area contributed by atoms with Crippen molar-refractivity contribution >= 4 is 17.6 Å². The van der Waals surface area contributed by atoms with E-state index >= 15 is 0 Å². The van der Waals surface area contributed by atoms with E-state index in [0.29, 0.717) is 16.8 Å². The van der Waals surface area contributed by atoms with Crippen LogP contribution in [0.2, 0.25) is 0 Å². The maximum absolute atomic E-state index is 14.9. The third kappa shape index (κ3) is 5.16. The highest BCUT2D eigenvalue weighted by molar-refractivity contribution is 6.08. The van der Waals surface area contributed by atoms with Gasteiger partial charge in [0.2, 0.25) is 0 Å². The fourth-order valence-electron chi connectivity index (χ4n) is 6.50. The summed E-state index contributed by atoms with van der Waals surface area (Å²) in [5.74, 6) is -1.70. The van der Waals surface area contributed by atoms with Crippen LogP contribution < -0.4 is 14.4 Å². The zero-order valence-corrected chi connectivity index (χ0v) is 25.5. The SMILES string of the molecule is COC(=O)/C=C/Oc1c(OC)cccc1[C@@H]1O[C@@]2(C(=O)N(Cc3ccccc3)c3ccccc32)[C@@H](c2ccc(C)cc2)[C@@H]1[N+](=O)[O-]. The molecule has 6 rings (SSSR count). The van der Waals surface area contributed by atoms with Gasteiger partial charge in [-0.3, -0.25) is 14.9 Å². The van der Waals surface area contributed by atoms with Gasteiger partial charge in [0.25, 0.3) is 11.9 Å². The number of aryl methyl sites for hydroxylation is 1. The second-order valence-corrected chi connectivity index (χ2v) is 11.2. The number of fused-ring (bicyclic) bond motifs is 2. The maximum Gasteiger partial charge on any atom is 0.333 e. The van der Waals surface area contributed by atoms with Gasteiger partial charge in [-0.1, -0.05) is 90.5 Å². The summed E-state index contributed by atoms with van der Waals surface area (Å²) in [6.45, 7) is 2.18.